The molecule has 0 amide bonds. The van der Waals surface area contributed by atoms with Crippen LogP contribution in [-0.4, -0.2) is 78.4 Å². The topological polar surface area (TPSA) is 80.6 Å². The summed E-state index contributed by atoms with van der Waals surface area (Å²) in [5.74, 6) is -0.835. The minimum Gasteiger partial charge on any atom is -0.394 e. The van der Waals surface area contributed by atoms with Gasteiger partial charge in [-0.1, -0.05) is 30.3 Å². The monoisotopic (exact) mass is 381 g/mol. The van der Waals surface area contributed by atoms with Gasteiger partial charge in [-0.05, 0) is 25.8 Å². The lowest BCUT2D eigenvalue weighted by Gasteiger charge is -2.35. The number of hydrogen-bond acceptors (Lipinski definition) is 7. The van der Waals surface area contributed by atoms with E-state index in [0.717, 1.165) is 19.5 Å². The van der Waals surface area contributed by atoms with Crippen molar-refractivity contribution in [2.45, 2.75) is 63.1 Å². The molecule has 3 rings (SSSR count). The highest BCUT2D eigenvalue weighted by molar-refractivity contribution is 5.15. The third-order valence-electron chi connectivity index (χ3n) is 5.20. The van der Waals surface area contributed by atoms with Gasteiger partial charge in [-0.25, -0.2) is 0 Å². The SMILES string of the molecule is COCO[C@@H]1CCN(Cc2ccccc2)[C@@H]1[C@@H]1OC(C)(C)O[C@@H]1[C@@H](O)CO. The first-order valence-corrected chi connectivity index (χ1v) is 9.48. The van der Waals surface area contributed by atoms with Crippen molar-refractivity contribution in [1.82, 2.24) is 4.90 Å². The van der Waals surface area contributed by atoms with Gasteiger partial charge in [0.05, 0.1) is 18.8 Å². The van der Waals surface area contributed by atoms with Crippen molar-refractivity contribution in [2.75, 3.05) is 27.1 Å². The summed E-state index contributed by atoms with van der Waals surface area (Å²) in [7, 11) is 1.60. The predicted octanol–water partition coefficient (Wildman–Crippen LogP) is 1.12. The van der Waals surface area contributed by atoms with Gasteiger partial charge in [-0.15, -0.1) is 0 Å². The molecule has 2 N–H and O–H groups in total. The van der Waals surface area contributed by atoms with Crippen molar-refractivity contribution in [1.29, 1.82) is 0 Å². The van der Waals surface area contributed by atoms with Crippen LogP contribution in [0.3, 0.4) is 0 Å². The minimum atomic E-state index is -1.01. The molecule has 7 nitrogen and oxygen atoms in total. The Morgan fingerprint density at radius 2 is 2.00 bits per heavy atom. The Labute approximate surface area is 160 Å². The maximum absolute atomic E-state index is 10.3. The molecule has 2 saturated heterocycles. The molecule has 0 unspecified atom stereocenters. The smallest absolute Gasteiger partial charge is 0.163 e. The van der Waals surface area contributed by atoms with Crippen molar-refractivity contribution < 1.29 is 29.2 Å². The lowest BCUT2D eigenvalue weighted by Crippen LogP contribution is -2.52. The van der Waals surface area contributed by atoms with Crippen LogP contribution in [0.5, 0.6) is 0 Å². The largest absolute Gasteiger partial charge is 0.394 e. The summed E-state index contributed by atoms with van der Waals surface area (Å²) >= 11 is 0. The molecule has 152 valence electrons. The van der Waals surface area contributed by atoms with Gasteiger partial charge in [0.25, 0.3) is 0 Å². The van der Waals surface area contributed by atoms with Gasteiger partial charge in [0, 0.05) is 20.2 Å². The normalized spacial score (nSPS) is 32.0. The van der Waals surface area contributed by atoms with E-state index in [4.69, 9.17) is 18.9 Å². The quantitative estimate of drug-likeness (QED) is 0.653. The van der Waals surface area contributed by atoms with Crippen molar-refractivity contribution in [2.24, 2.45) is 0 Å². The Morgan fingerprint density at radius 1 is 1.26 bits per heavy atom. The molecule has 0 saturated carbocycles. The highest BCUT2D eigenvalue weighted by Crippen LogP contribution is 2.38. The molecule has 2 fully saturated rings. The Balaban J connectivity index is 1.84. The average molecular weight is 381 g/mol. The second-order valence-electron chi connectivity index (χ2n) is 7.66. The highest BCUT2D eigenvalue weighted by atomic mass is 16.8. The molecule has 0 spiro atoms. The molecule has 0 bridgehead atoms. The summed E-state index contributed by atoms with van der Waals surface area (Å²) in [6, 6.07) is 10.1. The summed E-state index contributed by atoms with van der Waals surface area (Å²) in [4.78, 5) is 2.31. The summed E-state index contributed by atoms with van der Waals surface area (Å²) < 4.78 is 23.2. The molecule has 2 heterocycles. The molecule has 5 atom stereocenters. The summed E-state index contributed by atoms with van der Waals surface area (Å²) in [6.45, 7) is 5.06. The van der Waals surface area contributed by atoms with E-state index in [0.29, 0.717) is 0 Å². The number of benzene rings is 1. The molecular formula is C20H31NO6. The fourth-order valence-corrected chi connectivity index (χ4v) is 4.09. The molecule has 27 heavy (non-hydrogen) atoms. The summed E-state index contributed by atoms with van der Waals surface area (Å²) in [5.41, 5.74) is 1.20. The van der Waals surface area contributed by atoms with E-state index >= 15 is 0 Å². The standard InChI is InChI=1S/C20H31NO6/c1-20(2)26-18(15(23)12-22)19(27-20)17-16(25-13-24-3)9-10-21(17)11-14-7-5-4-6-8-14/h4-8,15-19,22-23H,9-13H2,1-3H3/t15-,16+,17-,18+,19-/m0/s1. The Bertz CT molecular complexity index is 583. The van der Waals surface area contributed by atoms with Crippen LogP contribution in [0.4, 0.5) is 0 Å². The number of aliphatic hydroxyl groups excluding tert-OH is 2. The number of nitrogens with zero attached hydrogens (tertiary/aromatic N) is 1. The zero-order chi connectivity index (χ0) is 19.4. The van der Waals surface area contributed by atoms with Gasteiger partial charge in [-0.2, -0.15) is 0 Å². The number of hydrogen-bond donors (Lipinski definition) is 2. The molecular weight excluding hydrogens is 350 g/mol. The number of ether oxygens (including phenoxy) is 4. The van der Waals surface area contributed by atoms with E-state index in [1.807, 2.05) is 32.0 Å². The Kier molecular flexibility index (Phi) is 6.86. The van der Waals surface area contributed by atoms with Crippen LogP contribution in [-0.2, 0) is 25.5 Å². The number of methoxy groups -OCH3 is 1. The van der Waals surface area contributed by atoms with Crippen molar-refractivity contribution in [3.05, 3.63) is 35.9 Å². The van der Waals surface area contributed by atoms with Gasteiger partial charge in [0.1, 0.15) is 25.1 Å². The van der Waals surface area contributed by atoms with Crippen molar-refractivity contribution in [3.63, 3.8) is 0 Å². The Hall–Kier alpha value is -1.06. The second-order valence-corrected chi connectivity index (χ2v) is 7.66. The molecule has 1 aromatic carbocycles. The van der Waals surface area contributed by atoms with Gasteiger partial charge in [0.15, 0.2) is 5.79 Å². The fraction of sp³-hybridized carbons (Fsp3) is 0.700. The van der Waals surface area contributed by atoms with Crippen molar-refractivity contribution >= 4 is 0 Å². The third-order valence-corrected chi connectivity index (χ3v) is 5.20. The van der Waals surface area contributed by atoms with E-state index in [9.17, 15) is 10.2 Å². The lowest BCUT2D eigenvalue weighted by molar-refractivity contribution is -0.164. The molecule has 2 aliphatic rings. The van der Waals surface area contributed by atoms with E-state index in [2.05, 4.69) is 17.0 Å². The molecule has 0 radical (unpaired) electrons. The van der Waals surface area contributed by atoms with Gasteiger partial charge >= 0.3 is 0 Å². The van der Waals surface area contributed by atoms with Crippen LogP contribution in [0.1, 0.15) is 25.8 Å². The average Bonchev–Trinajstić information content (AvgIpc) is 3.19. The first-order valence-electron chi connectivity index (χ1n) is 9.48. The zero-order valence-corrected chi connectivity index (χ0v) is 16.3. The number of aliphatic hydroxyl groups is 2. The number of rotatable bonds is 8. The first kappa shape index (κ1) is 20.7. The molecule has 0 aromatic heterocycles. The minimum absolute atomic E-state index is 0.107. The molecule has 7 heteroatoms. The lowest BCUT2D eigenvalue weighted by atomic mass is 9.97. The van der Waals surface area contributed by atoms with E-state index in [-0.39, 0.29) is 25.5 Å². The van der Waals surface area contributed by atoms with Gasteiger partial charge < -0.3 is 29.2 Å². The van der Waals surface area contributed by atoms with Crippen LogP contribution >= 0.6 is 0 Å². The maximum Gasteiger partial charge on any atom is 0.163 e. The van der Waals surface area contributed by atoms with Crippen LogP contribution in [0.25, 0.3) is 0 Å². The molecule has 2 aliphatic heterocycles. The third kappa shape index (κ3) is 4.86. The van der Waals surface area contributed by atoms with Crippen LogP contribution in [0.15, 0.2) is 30.3 Å². The summed E-state index contributed by atoms with van der Waals surface area (Å²) in [5, 5.41) is 19.8. The maximum atomic E-state index is 10.3. The predicted molar refractivity (Wildman–Crippen MR) is 98.9 cm³/mol. The first-order chi connectivity index (χ1) is 12.9. The van der Waals surface area contributed by atoms with Crippen molar-refractivity contribution in [3.8, 4) is 0 Å². The second kappa shape index (κ2) is 8.96. The Morgan fingerprint density at radius 3 is 2.67 bits per heavy atom. The van der Waals surface area contributed by atoms with E-state index in [1.54, 1.807) is 7.11 Å². The van der Waals surface area contributed by atoms with Crippen LogP contribution < -0.4 is 0 Å². The van der Waals surface area contributed by atoms with Crippen LogP contribution in [0.2, 0.25) is 0 Å². The zero-order valence-electron chi connectivity index (χ0n) is 16.3. The van der Waals surface area contributed by atoms with E-state index < -0.39 is 24.1 Å². The van der Waals surface area contributed by atoms with Gasteiger partial charge in [0.2, 0.25) is 0 Å². The number of likely N-dealkylation sites (tertiary alicyclic amines) is 1. The molecule has 1 aromatic rings. The van der Waals surface area contributed by atoms with Crippen LogP contribution in [0, 0.1) is 0 Å². The van der Waals surface area contributed by atoms with E-state index in [1.165, 1.54) is 5.56 Å². The van der Waals surface area contributed by atoms with Gasteiger partial charge in [-0.3, -0.25) is 4.90 Å². The highest BCUT2D eigenvalue weighted by Gasteiger charge is 2.53. The molecule has 0 aliphatic carbocycles. The fourth-order valence-electron chi connectivity index (χ4n) is 4.09. The summed E-state index contributed by atoms with van der Waals surface area (Å²) in [6.07, 6.45) is -1.33.